The summed E-state index contributed by atoms with van der Waals surface area (Å²) in [5, 5.41) is 0.904. The van der Waals surface area contributed by atoms with Crippen LogP contribution in [0.1, 0.15) is 32.1 Å². The fourth-order valence-electron chi connectivity index (χ4n) is 4.91. The number of allylic oxidation sites excluding steroid dienone is 4. The van der Waals surface area contributed by atoms with Crippen molar-refractivity contribution in [2.24, 2.45) is 5.73 Å². The SMILES string of the molecule is NC(=O)N(CCCCN1CCN(C2=COC=C(CC3=CC=CCC3)O2)CC1)c1coc2ccccc12. The number of piperazine rings is 1. The average Bonchev–Trinajstić information content (AvgIpc) is 3.33. The number of carbonyl (C=O) groups excluding carboxylic acids is 1. The molecule has 1 saturated heterocycles. The molecular weight excluding hydrogens is 456 g/mol. The van der Waals surface area contributed by atoms with Crippen LogP contribution in [0.15, 0.2) is 82.9 Å². The summed E-state index contributed by atoms with van der Waals surface area (Å²) in [5.74, 6) is 1.66. The minimum absolute atomic E-state index is 0.456. The van der Waals surface area contributed by atoms with E-state index in [1.807, 2.05) is 24.3 Å². The largest absolute Gasteiger partial charge is 0.464 e. The van der Waals surface area contributed by atoms with Gasteiger partial charge in [-0.05, 0) is 44.4 Å². The van der Waals surface area contributed by atoms with Crippen LogP contribution in [-0.2, 0) is 9.47 Å². The van der Waals surface area contributed by atoms with Gasteiger partial charge in [0, 0.05) is 44.5 Å². The van der Waals surface area contributed by atoms with Crippen molar-refractivity contribution in [2.75, 3.05) is 44.2 Å². The second-order valence-corrected chi connectivity index (χ2v) is 9.39. The predicted octanol–water partition coefficient (Wildman–Crippen LogP) is 5.07. The van der Waals surface area contributed by atoms with Crippen molar-refractivity contribution >= 4 is 22.7 Å². The Bertz CT molecular complexity index is 1190. The van der Waals surface area contributed by atoms with Gasteiger partial charge in [0.05, 0.1) is 5.69 Å². The molecule has 0 bridgehead atoms. The van der Waals surface area contributed by atoms with Crippen LogP contribution < -0.4 is 10.6 Å². The maximum atomic E-state index is 12.1. The fourth-order valence-corrected chi connectivity index (χ4v) is 4.91. The van der Waals surface area contributed by atoms with Crippen LogP contribution in [0.4, 0.5) is 10.5 Å². The second kappa shape index (κ2) is 11.4. The maximum Gasteiger partial charge on any atom is 0.319 e. The van der Waals surface area contributed by atoms with Gasteiger partial charge in [0.25, 0.3) is 0 Å². The van der Waals surface area contributed by atoms with Crippen molar-refractivity contribution in [2.45, 2.75) is 32.1 Å². The Balaban J connectivity index is 1.04. The number of ether oxygens (including phenoxy) is 2. The first kappa shape index (κ1) is 24.1. The Morgan fingerprint density at radius 3 is 2.75 bits per heavy atom. The third kappa shape index (κ3) is 5.76. The molecule has 3 heterocycles. The van der Waals surface area contributed by atoms with Gasteiger partial charge in [-0.3, -0.25) is 9.80 Å². The lowest BCUT2D eigenvalue weighted by Gasteiger charge is -2.37. The van der Waals surface area contributed by atoms with E-state index in [9.17, 15) is 4.79 Å². The Morgan fingerprint density at radius 2 is 1.94 bits per heavy atom. The quantitative estimate of drug-likeness (QED) is 0.494. The number of nitrogens with zero attached hydrogens (tertiary/aromatic N) is 3. The standard InChI is InChI=1S/C28H34N4O4/c29-28(33)32(25-20-35-26-11-5-4-10-24(25)26)13-7-6-12-30-14-16-31(17-15-30)27-21-34-19-23(36-27)18-22-8-2-1-3-9-22/h1-2,4-5,8,10-11,19-21H,3,6-7,9,12-18H2,(H2,29,33). The smallest absolute Gasteiger partial charge is 0.319 e. The van der Waals surface area contributed by atoms with Gasteiger partial charge in [-0.25, -0.2) is 4.79 Å². The number of hydrogen-bond donors (Lipinski definition) is 1. The van der Waals surface area contributed by atoms with Crippen molar-refractivity contribution in [1.29, 1.82) is 0 Å². The molecule has 2 amide bonds. The first-order chi connectivity index (χ1) is 17.7. The molecule has 0 spiro atoms. The molecular formula is C28H34N4O4. The van der Waals surface area contributed by atoms with Gasteiger partial charge < -0.3 is 24.5 Å². The molecule has 8 nitrogen and oxygen atoms in total. The molecule has 0 unspecified atom stereocenters. The summed E-state index contributed by atoms with van der Waals surface area (Å²) in [7, 11) is 0. The molecule has 0 radical (unpaired) electrons. The number of nitrogens with two attached hydrogens (primary N) is 1. The van der Waals surface area contributed by atoms with E-state index in [0.717, 1.165) is 93.1 Å². The lowest BCUT2D eigenvalue weighted by molar-refractivity contribution is 0.0747. The average molecular weight is 491 g/mol. The summed E-state index contributed by atoms with van der Waals surface area (Å²) < 4.78 is 17.3. The van der Waals surface area contributed by atoms with E-state index in [2.05, 4.69) is 28.0 Å². The summed E-state index contributed by atoms with van der Waals surface area (Å²) in [6.07, 6.45) is 16.3. The molecule has 5 rings (SSSR count). The van der Waals surface area contributed by atoms with Gasteiger partial charge in [-0.1, -0.05) is 35.9 Å². The Labute approximate surface area is 211 Å². The zero-order valence-electron chi connectivity index (χ0n) is 20.6. The van der Waals surface area contributed by atoms with Gasteiger partial charge in [0.1, 0.15) is 23.9 Å². The first-order valence-corrected chi connectivity index (χ1v) is 12.7. The molecule has 190 valence electrons. The second-order valence-electron chi connectivity index (χ2n) is 9.39. The van der Waals surface area contributed by atoms with E-state index in [0.29, 0.717) is 6.54 Å². The van der Waals surface area contributed by atoms with Crippen LogP contribution in [-0.4, -0.2) is 55.1 Å². The summed E-state index contributed by atoms with van der Waals surface area (Å²) in [5.41, 5.74) is 8.54. The molecule has 1 aliphatic carbocycles. The number of primary amides is 1. The lowest BCUT2D eigenvalue weighted by Crippen LogP contribution is -2.46. The zero-order valence-corrected chi connectivity index (χ0v) is 20.6. The van der Waals surface area contributed by atoms with Crippen LogP contribution in [0.5, 0.6) is 0 Å². The van der Waals surface area contributed by atoms with Crippen LogP contribution >= 0.6 is 0 Å². The lowest BCUT2D eigenvalue weighted by atomic mass is 10.0. The van der Waals surface area contributed by atoms with Crippen molar-refractivity contribution < 1.29 is 18.7 Å². The summed E-state index contributed by atoms with van der Waals surface area (Å²) in [6.45, 7) is 5.25. The topological polar surface area (TPSA) is 84.4 Å². The fraction of sp³-hybridized carbons (Fsp3) is 0.393. The molecule has 0 atom stereocenters. The van der Waals surface area contributed by atoms with Crippen LogP contribution in [0.2, 0.25) is 0 Å². The number of furan rings is 1. The van der Waals surface area contributed by atoms with Gasteiger partial charge in [-0.2, -0.15) is 0 Å². The van der Waals surface area contributed by atoms with E-state index >= 15 is 0 Å². The van der Waals surface area contributed by atoms with E-state index in [4.69, 9.17) is 19.6 Å². The monoisotopic (exact) mass is 490 g/mol. The summed E-state index contributed by atoms with van der Waals surface area (Å²) in [6, 6.07) is 7.23. The summed E-state index contributed by atoms with van der Waals surface area (Å²) in [4.78, 5) is 18.4. The molecule has 2 N–H and O–H groups in total. The number of amides is 2. The van der Waals surface area contributed by atoms with Gasteiger partial charge >= 0.3 is 6.03 Å². The van der Waals surface area contributed by atoms with Crippen molar-refractivity contribution in [3.63, 3.8) is 0 Å². The molecule has 1 aromatic heterocycles. The molecule has 1 fully saturated rings. The minimum Gasteiger partial charge on any atom is -0.464 e. The number of unbranched alkanes of at least 4 members (excludes halogenated alkanes) is 1. The molecule has 2 aromatic rings. The highest BCUT2D eigenvalue weighted by molar-refractivity contribution is 6.01. The van der Waals surface area contributed by atoms with Crippen molar-refractivity contribution in [1.82, 2.24) is 9.80 Å². The molecule has 2 aliphatic heterocycles. The first-order valence-electron chi connectivity index (χ1n) is 12.7. The number of fused-ring (bicyclic) bond motifs is 1. The summed E-state index contributed by atoms with van der Waals surface area (Å²) >= 11 is 0. The normalized spacial score (nSPS) is 18.2. The van der Waals surface area contributed by atoms with E-state index in [1.54, 1.807) is 23.7 Å². The number of hydrogen-bond acceptors (Lipinski definition) is 6. The van der Waals surface area contributed by atoms with Gasteiger partial charge in [0.2, 0.25) is 5.88 Å². The van der Waals surface area contributed by atoms with Crippen molar-refractivity contribution in [3.8, 4) is 0 Å². The highest BCUT2D eigenvalue weighted by Crippen LogP contribution is 2.29. The minimum atomic E-state index is -0.456. The van der Waals surface area contributed by atoms with E-state index in [1.165, 1.54) is 5.57 Å². The van der Waals surface area contributed by atoms with E-state index in [-0.39, 0.29) is 0 Å². The number of benzene rings is 1. The molecule has 3 aliphatic rings. The molecule has 1 aromatic carbocycles. The Kier molecular flexibility index (Phi) is 7.61. The van der Waals surface area contributed by atoms with Crippen LogP contribution in [0.3, 0.4) is 0 Å². The van der Waals surface area contributed by atoms with Crippen LogP contribution in [0, 0.1) is 0 Å². The number of urea groups is 1. The molecule has 8 heteroatoms. The van der Waals surface area contributed by atoms with Crippen molar-refractivity contribution in [3.05, 3.63) is 78.5 Å². The Morgan fingerprint density at radius 1 is 1.08 bits per heavy atom. The maximum absolute atomic E-state index is 12.1. The highest BCUT2D eigenvalue weighted by Gasteiger charge is 2.23. The van der Waals surface area contributed by atoms with Gasteiger partial charge in [-0.15, -0.1) is 0 Å². The third-order valence-corrected chi connectivity index (χ3v) is 6.91. The number of para-hydroxylation sites is 1. The molecule has 0 saturated carbocycles. The third-order valence-electron chi connectivity index (χ3n) is 6.91. The Hall–Kier alpha value is -3.65. The number of carbonyl (C=O) groups is 1. The number of rotatable bonds is 9. The zero-order chi connectivity index (χ0) is 24.7. The number of anilines is 1. The highest BCUT2D eigenvalue weighted by atomic mass is 16.6. The van der Waals surface area contributed by atoms with Gasteiger partial charge in [0.15, 0.2) is 6.26 Å². The van der Waals surface area contributed by atoms with Crippen LogP contribution in [0.25, 0.3) is 11.0 Å². The molecule has 36 heavy (non-hydrogen) atoms. The van der Waals surface area contributed by atoms with E-state index < -0.39 is 6.03 Å². The predicted molar refractivity (Wildman–Crippen MR) is 140 cm³/mol.